The number of Topliss-reactive ketones (excluding diaryl/α,β-unsaturated/α-hetero) is 1. The average Bonchev–Trinajstić information content (AvgIpc) is 2.66. The van der Waals surface area contributed by atoms with Crippen molar-refractivity contribution in [3.05, 3.63) is 40.1 Å². The zero-order valence-corrected chi connectivity index (χ0v) is 9.90. The van der Waals surface area contributed by atoms with Crippen molar-refractivity contribution in [3.8, 4) is 10.6 Å². The molecule has 0 saturated heterocycles. The van der Waals surface area contributed by atoms with Crippen LogP contribution in [0, 0.1) is 5.82 Å². The zero-order valence-electron chi connectivity index (χ0n) is 8.33. The molecule has 5 heteroatoms. The molecule has 1 aromatic carbocycles. The number of hydrogen-bond donors (Lipinski definition) is 0. The lowest BCUT2D eigenvalue weighted by atomic mass is 10.2. The Bertz CT molecular complexity index is 553. The molecule has 0 atom stereocenters. The van der Waals surface area contributed by atoms with Gasteiger partial charge in [-0.15, -0.1) is 11.3 Å². The highest BCUT2D eigenvalue weighted by molar-refractivity contribution is 7.17. The summed E-state index contributed by atoms with van der Waals surface area (Å²) >= 11 is 7.14. The Morgan fingerprint density at radius 2 is 2.25 bits per heavy atom. The normalized spacial score (nSPS) is 10.4. The quantitative estimate of drug-likeness (QED) is 0.764. The number of hydrogen-bond acceptors (Lipinski definition) is 3. The Kier molecular flexibility index (Phi) is 3.03. The second-order valence-corrected chi connectivity index (χ2v) is 4.65. The van der Waals surface area contributed by atoms with E-state index in [1.165, 1.54) is 36.6 Å². The summed E-state index contributed by atoms with van der Waals surface area (Å²) < 4.78 is 12.8. The van der Waals surface area contributed by atoms with E-state index < -0.39 is 5.82 Å². The molecule has 0 saturated carbocycles. The van der Waals surface area contributed by atoms with Crippen molar-refractivity contribution in [3.63, 3.8) is 0 Å². The van der Waals surface area contributed by atoms with Gasteiger partial charge in [0.2, 0.25) is 0 Å². The van der Waals surface area contributed by atoms with E-state index in [2.05, 4.69) is 4.98 Å². The largest absolute Gasteiger partial charge is 0.294 e. The van der Waals surface area contributed by atoms with Crippen molar-refractivity contribution in [2.75, 3.05) is 0 Å². The number of thiazole rings is 1. The van der Waals surface area contributed by atoms with Gasteiger partial charge >= 0.3 is 0 Å². The fourth-order valence-corrected chi connectivity index (χ4v) is 2.39. The lowest BCUT2D eigenvalue weighted by Crippen LogP contribution is -1.83. The number of aromatic nitrogens is 1. The summed E-state index contributed by atoms with van der Waals surface area (Å²) in [4.78, 5) is 15.8. The van der Waals surface area contributed by atoms with E-state index in [-0.39, 0.29) is 5.78 Å². The molecule has 0 fully saturated rings. The van der Waals surface area contributed by atoms with Gasteiger partial charge in [-0.3, -0.25) is 4.79 Å². The van der Waals surface area contributed by atoms with E-state index in [4.69, 9.17) is 11.6 Å². The Hall–Kier alpha value is -1.26. The molecule has 0 aliphatic rings. The molecular weight excluding hydrogens is 249 g/mol. The molecule has 0 unspecified atom stereocenters. The van der Waals surface area contributed by atoms with Crippen LogP contribution in [0.3, 0.4) is 0 Å². The average molecular weight is 256 g/mol. The van der Waals surface area contributed by atoms with Gasteiger partial charge in [-0.25, -0.2) is 9.37 Å². The molecule has 1 aromatic heterocycles. The van der Waals surface area contributed by atoms with Gasteiger partial charge in [0.25, 0.3) is 0 Å². The highest BCUT2D eigenvalue weighted by Gasteiger charge is 2.11. The molecule has 0 amide bonds. The van der Waals surface area contributed by atoms with E-state index in [1.807, 2.05) is 0 Å². The highest BCUT2D eigenvalue weighted by Crippen LogP contribution is 2.31. The van der Waals surface area contributed by atoms with Crippen molar-refractivity contribution in [1.82, 2.24) is 4.98 Å². The summed E-state index contributed by atoms with van der Waals surface area (Å²) in [5.41, 5.74) is 0.639. The molecule has 2 rings (SSSR count). The molecule has 0 radical (unpaired) electrons. The minimum atomic E-state index is -0.392. The number of carbonyl (C=O) groups is 1. The van der Waals surface area contributed by atoms with E-state index in [1.54, 1.807) is 6.07 Å². The number of rotatable bonds is 2. The minimum absolute atomic E-state index is 0.0398. The summed E-state index contributed by atoms with van der Waals surface area (Å²) in [6, 6.07) is 4.10. The molecule has 0 N–H and O–H groups in total. The standard InChI is InChI=1S/C11H7ClFNOS/c1-6(15)10-5-14-11(16-10)8-3-2-7(13)4-9(8)12/h2-5H,1H3. The van der Waals surface area contributed by atoms with Gasteiger partial charge in [0, 0.05) is 18.7 Å². The Balaban J connectivity index is 2.46. The highest BCUT2D eigenvalue weighted by atomic mass is 35.5. The van der Waals surface area contributed by atoms with Gasteiger partial charge in [0.15, 0.2) is 5.78 Å². The Morgan fingerprint density at radius 3 is 2.81 bits per heavy atom. The van der Waals surface area contributed by atoms with Gasteiger partial charge in [0.1, 0.15) is 10.8 Å². The van der Waals surface area contributed by atoms with Crippen LogP contribution in [-0.2, 0) is 0 Å². The first kappa shape index (κ1) is 11.2. The van der Waals surface area contributed by atoms with Crippen LogP contribution in [0.15, 0.2) is 24.4 Å². The van der Waals surface area contributed by atoms with Gasteiger partial charge in [0.05, 0.1) is 9.90 Å². The van der Waals surface area contributed by atoms with Crippen LogP contribution in [0.5, 0.6) is 0 Å². The van der Waals surface area contributed by atoms with Crippen molar-refractivity contribution >= 4 is 28.7 Å². The third kappa shape index (κ3) is 2.13. The predicted octanol–water partition coefficient (Wildman–Crippen LogP) is 3.81. The van der Waals surface area contributed by atoms with Gasteiger partial charge in [-0.05, 0) is 18.2 Å². The van der Waals surface area contributed by atoms with Crippen LogP contribution in [0.4, 0.5) is 4.39 Å². The van der Waals surface area contributed by atoms with Crippen LogP contribution in [0.1, 0.15) is 16.6 Å². The van der Waals surface area contributed by atoms with E-state index in [0.717, 1.165) is 0 Å². The van der Waals surface area contributed by atoms with E-state index in [0.29, 0.717) is 20.5 Å². The third-order valence-electron chi connectivity index (χ3n) is 2.01. The van der Waals surface area contributed by atoms with Gasteiger partial charge < -0.3 is 0 Å². The monoisotopic (exact) mass is 255 g/mol. The topological polar surface area (TPSA) is 30.0 Å². The van der Waals surface area contributed by atoms with Crippen molar-refractivity contribution in [1.29, 1.82) is 0 Å². The van der Waals surface area contributed by atoms with Crippen molar-refractivity contribution in [2.24, 2.45) is 0 Å². The fourth-order valence-electron chi connectivity index (χ4n) is 1.22. The van der Waals surface area contributed by atoms with Crippen molar-refractivity contribution < 1.29 is 9.18 Å². The van der Waals surface area contributed by atoms with Crippen molar-refractivity contribution in [2.45, 2.75) is 6.92 Å². The molecule has 82 valence electrons. The van der Waals surface area contributed by atoms with E-state index in [9.17, 15) is 9.18 Å². The van der Waals surface area contributed by atoms with Gasteiger partial charge in [-0.1, -0.05) is 11.6 Å². The first-order chi connectivity index (χ1) is 7.58. The number of carbonyl (C=O) groups excluding carboxylic acids is 1. The SMILES string of the molecule is CC(=O)c1cnc(-c2ccc(F)cc2Cl)s1. The molecule has 2 aromatic rings. The molecule has 0 aliphatic heterocycles. The summed E-state index contributed by atoms with van der Waals surface area (Å²) in [5, 5.41) is 0.916. The molecule has 0 aliphatic carbocycles. The molecule has 1 heterocycles. The third-order valence-corrected chi connectivity index (χ3v) is 3.46. The number of benzene rings is 1. The Labute approximate surface area is 101 Å². The zero-order chi connectivity index (χ0) is 11.7. The van der Waals surface area contributed by atoms with Crippen LogP contribution in [0.2, 0.25) is 5.02 Å². The summed E-state index contributed by atoms with van der Waals surface area (Å²) in [7, 11) is 0. The maximum Gasteiger partial charge on any atom is 0.171 e. The van der Waals surface area contributed by atoms with Crippen LogP contribution in [-0.4, -0.2) is 10.8 Å². The summed E-state index contributed by atoms with van der Waals surface area (Å²) in [5.74, 6) is -0.431. The number of ketones is 1. The second kappa shape index (κ2) is 4.31. The first-order valence-electron chi connectivity index (χ1n) is 4.50. The summed E-state index contributed by atoms with van der Waals surface area (Å²) in [6.45, 7) is 1.48. The first-order valence-corrected chi connectivity index (χ1v) is 5.69. The van der Waals surface area contributed by atoms with Crippen LogP contribution in [0.25, 0.3) is 10.6 Å². The number of halogens is 2. The maximum absolute atomic E-state index is 12.8. The molecule has 2 nitrogen and oxygen atoms in total. The lowest BCUT2D eigenvalue weighted by molar-refractivity contribution is 0.102. The van der Waals surface area contributed by atoms with Crippen LogP contribution < -0.4 is 0 Å². The molecular formula is C11H7ClFNOS. The Morgan fingerprint density at radius 1 is 1.50 bits per heavy atom. The maximum atomic E-state index is 12.8. The molecule has 16 heavy (non-hydrogen) atoms. The predicted molar refractivity (Wildman–Crippen MR) is 62.5 cm³/mol. The lowest BCUT2D eigenvalue weighted by Gasteiger charge is -1.99. The molecule has 0 spiro atoms. The van der Waals surface area contributed by atoms with E-state index >= 15 is 0 Å². The summed E-state index contributed by atoms with van der Waals surface area (Å²) in [6.07, 6.45) is 1.50. The minimum Gasteiger partial charge on any atom is -0.294 e. The molecule has 0 bridgehead atoms. The van der Waals surface area contributed by atoms with Crippen LogP contribution >= 0.6 is 22.9 Å². The smallest absolute Gasteiger partial charge is 0.171 e. The fraction of sp³-hybridized carbons (Fsp3) is 0.0909. The number of nitrogens with zero attached hydrogens (tertiary/aromatic N) is 1. The van der Waals surface area contributed by atoms with Gasteiger partial charge in [-0.2, -0.15) is 0 Å². The second-order valence-electron chi connectivity index (χ2n) is 3.21.